The molecule has 2 N–H and O–H groups in total. The van der Waals surface area contributed by atoms with Crippen LogP contribution < -0.4 is 20.1 Å². The van der Waals surface area contributed by atoms with Crippen molar-refractivity contribution < 1.29 is 23.9 Å². The van der Waals surface area contributed by atoms with Crippen LogP contribution in [0, 0.1) is 12.3 Å². The van der Waals surface area contributed by atoms with E-state index in [1.54, 1.807) is 34.9 Å². The number of aromatic nitrogens is 3. The number of nitrogens with one attached hydrogen (secondary N) is 2. The van der Waals surface area contributed by atoms with Crippen molar-refractivity contribution in [2.75, 3.05) is 33.4 Å². The molecule has 0 radical (unpaired) electrons. The Morgan fingerprint density at radius 1 is 1.05 bits per heavy atom. The number of hydrogen-bond acceptors (Lipinski definition) is 7. The van der Waals surface area contributed by atoms with E-state index in [4.69, 9.17) is 9.47 Å². The molecule has 3 aromatic rings. The summed E-state index contributed by atoms with van der Waals surface area (Å²) in [7, 11) is 1.61. The lowest BCUT2D eigenvalue weighted by atomic mass is 9.73. The predicted octanol–water partition coefficient (Wildman–Crippen LogP) is 3.30. The number of carbonyl (C=O) groups is 3. The number of ether oxygens (including phenoxy) is 2. The smallest absolute Gasteiger partial charge is 0.293 e. The predicted molar refractivity (Wildman–Crippen MR) is 156 cm³/mol. The number of nitrogens with zero attached hydrogens (tertiary/aromatic N) is 4. The van der Waals surface area contributed by atoms with E-state index >= 15 is 0 Å². The zero-order chi connectivity index (χ0) is 29.7. The molecule has 3 heterocycles. The number of piperidine rings is 1. The molecular formula is C31H38N6O5. The number of aryl methyl sites for hydroxylation is 1. The number of methoxy groups -OCH3 is 1. The summed E-state index contributed by atoms with van der Waals surface area (Å²) in [6.45, 7) is 5.30. The molecule has 11 nitrogen and oxygen atoms in total. The summed E-state index contributed by atoms with van der Waals surface area (Å²) < 4.78 is 12.8. The molecule has 1 aromatic heterocycles. The van der Waals surface area contributed by atoms with Gasteiger partial charge < -0.3 is 25.0 Å². The van der Waals surface area contributed by atoms with Gasteiger partial charge in [-0.05, 0) is 75.9 Å². The Bertz CT molecular complexity index is 1430. The van der Waals surface area contributed by atoms with E-state index in [1.807, 2.05) is 44.2 Å². The number of carbonyl (C=O) groups excluding carboxylic acids is 3. The molecular weight excluding hydrogens is 536 g/mol. The monoisotopic (exact) mass is 574 g/mol. The minimum Gasteiger partial charge on any atom is -0.497 e. The van der Waals surface area contributed by atoms with Crippen LogP contribution in [-0.2, 0) is 4.79 Å². The highest BCUT2D eigenvalue weighted by Gasteiger charge is 2.42. The molecule has 5 rings (SSSR count). The highest BCUT2D eigenvalue weighted by atomic mass is 16.5. The van der Waals surface area contributed by atoms with Crippen LogP contribution in [0.5, 0.6) is 11.5 Å². The standard InChI is InChI=1S/C31H38N6O5/c1-21-20-42-26-9-5-4-8-25(26)28(38)32-17-7-6-14-31(30(40)33-21)15-18-36(19-16-31)29(39)27-34-22(2)37(35-27)23-10-12-24(41-3)13-11-23/h4-5,8-13,21H,6-7,14-20H2,1-3H3,(H,32,38)(H,33,40)/t21-/m1/s1. The van der Waals surface area contributed by atoms with Crippen LogP contribution in [0.25, 0.3) is 5.69 Å². The molecule has 0 unspecified atom stereocenters. The minimum atomic E-state index is -0.608. The first-order chi connectivity index (χ1) is 20.3. The maximum Gasteiger partial charge on any atom is 0.293 e. The lowest BCUT2D eigenvalue weighted by molar-refractivity contribution is -0.135. The summed E-state index contributed by atoms with van der Waals surface area (Å²) in [5.74, 6) is 1.54. The largest absolute Gasteiger partial charge is 0.497 e. The van der Waals surface area contributed by atoms with Gasteiger partial charge in [-0.2, -0.15) is 0 Å². The first-order valence-corrected chi connectivity index (χ1v) is 14.5. The van der Waals surface area contributed by atoms with Gasteiger partial charge in [0.25, 0.3) is 11.8 Å². The molecule has 42 heavy (non-hydrogen) atoms. The molecule has 222 valence electrons. The van der Waals surface area contributed by atoms with Gasteiger partial charge in [0.1, 0.15) is 23.9 Å². The summed E-state index contributed by atoms with van der Waals surface area (Å²) >= 11 is 0. The van der Waals surface area contributed by atoms with Gasteiger partial charge in [0, 0.05) is 19.6 Å². The summed E-state index contributed by atoms with van der Waals surface area (Å²) in [5, 5.41) is 10.6. The Balaban J connectivity index is 1.26. The Hall–Kier alpha value is -4.41. The Labute approximate surface area is 245 Å². The van der Waals surface area contributed by atoms with Crippen molar-refractivity contribution in [3.05, 3.63) is 65.7 Å². The topological polar surface area (TPSA) is 128 Å². The number of rotatable bonds is 3. The number of hydrogen-bond donors (Lipinski definition) is 2. The lowest BCUT2D eigenvalue weighted by Gasteiger charge is -2.41. The molecule has 0 saturated carbocycles. The van der Waals surface area contributed by atoms with Crippen molar-refractivity contribution in [1.82, 2.24) is 30.3 Å². The second-order valence-electron chi connectivity index (χ2n) is 11.1. The summed E-state index contributed by atoms with van der Waals surface area (Å²) in [6.07, 6.45) is 3.26. The van der Waals surface area contributed by atoms with Crippen molar-refractivity contribution in [2.45, 2.75) is 52.0 Å². The van der Waals surface area contributed by atoms with Gasteiger partial charge >= 0.3 is 0 Å². The van der Waals surface area contributed by atoms with E-state index in [9.17, 15) is 14.4 Å². The molecule has 1 atom stereocenters. The van der Waals surface area contributed by atoms with Crippen LogP contribution >= 0.6 is 0 Å². The Morgan fingerprint density at radius 3 is 2.52 bits per heavy atom. The van der Waals surface area contributed by atoms with Gasteiger partial charge in [0.05, 0.1) is 29.8 Å². The quantitative estimate of drug-likeness (QED) is 0.491. The van der Waals surface area contributed by atoms with E-state index in [0.29, 0.717) is 56.0 Å². The van der Waals surface area contributed by atoms with Gasteiger partial charge in [-0.25, -0.2) is 9.67 Å². The maximum absolute atomic E-state index is 13.7. The van der Waals surface area contributed by atoms with Crippen molar-refractivity contribution in [1.29, 1.82) is 0 Å². The van der Waals surface area contributed by atoms with Gasteiger partial charge in [-0.1, -0.05) is 18.6 Å². The number of fused-ring (bicyclic) bond motifs is 1. The SMILES string of the molecule is COc1ccc(-n2nc(C(=O)N3CCC4(CCCCNC(=O)c5ccccc5OC[C@@H](C)NC4=O)CC3)nc2C)cc1. The zero-order valence-electron chi connectivity index (χ0n) is 24.4. The third-order valence-electron chi connectivity index (χ3n) is 8.13. The molecule has 1 saturated heterocycles. The molecule has 11 heteroatoms. The summed E-state index contributed by atoms with van der Waals surface area (Å²) in [6, 6.07) is 14.3. The second-order valence-corrected chi connectivity index (χ2v) is 11.1. The zero-order valence-corrected chi connectivity index (χ0v) is 24.4. The number of amides is 3. The molecule has 0 bridgehead atoms. The lowest BCUT2D eigenvalue weighted by Crippen LogP contribution is -2.52. The Morgan fingerprint density at radius 2 is 1.79 bits per heavy atom. The second kappa shape index (κ2) is 12.6. The van der Waals surface area contributed by atoms with Crippen molar-refractivity contribution in [3.8, 4) is 17.2 Å². The van der Waals surface area contributed by atoms with Crippen LogP contribution in [0.2, 0.25) is 0 Å². The average molecular weight is 575 g/mol. The van der Waals surface area contributed by atoms with Gasteiger partial charge in [0.2, 0.25) is 11.7 Å². The van der Waals surface area contributed by atoms with E-state index in [-0.39, 0.29) is 36.2 Å². The highest BCUT2D eigenvalue weighted by molar-refractivity contribution is 5.97. The van der Waals surface area contributed by atoms with Crippen LogP contribution in [0.3, 0.4) is 0 Å². The summed E-state index contributed by atoms with van der Waals surface area (Å²) in [4.78, 5) is 46.0. The minimum absolute atomic E-state index is 0.0159. The van der Waals surface area contributed by atoms with Crippen LogP contribution in [0.15, 0.2) is 48.5 Å². The first kappa shape index (κ1) is 29.1. The van der Waals surface area contributed by atoms with Gasteiger partial charge in [0.15, 0.2) is 0 Å². The third-order valence-corrected chi connectivity index (χ3v) is 8.13. The van der Waals surface area contributed by atoms with E-state index in [2.05, 4.69) is 20.7 Å². The fraction of sp³-hybridized carbons (Fsp3) is 0.452. The number of para-hydroxylation sites is 1. The molecule has 2 aliphatic heterocycles. The third kappa shape index (κ3) is 6.24. The van der Waals surface area contributed by atoms with Gasteiger partial charge in [-0.15, -0.1) is 5.10 Å². The molecule has 3 amide bonds. The van der Waals surface area contributed by atoms with E-state index < -0.39 is 5.41 Å². The fourth-order valence-electron chi connectivity index (χ4n) is 5.62. The van der Waals surface area contributed by atoms with Gasteiger partial charge in [-0.3, -0.25) is 14.4 Å². The highest BCUT2D eigenvalue weighted by Crippen LogP contribution is 2.37. The van der Waals surface area contributed by atoms with Crippen molar-refractivity contribution >= 4 is 17.7 Å². The first-order valence-electron chi connectivity index (χ1n) is 14.5. The molecule has 2 aliphatic rings. The number of benzene rings is 2. The van der Waals surface area contributed by atoms with Crippen LogP contribution in [-0.4, -0.2) is 76.8 Å². The fourth-order valence-corrected chi connectivity index (χ4v) is 5.62. The molecule has 2 aromatic carbocycles. The average Bonchev–Trinajstić information content (AvgIpc) is 3.40. The van der Waals surface area contributed by atoms with Crippen LogP contribution in [0.4, 0.5) is 0 Å². The Kier molecular flexibility index (Phi) is 8.75. The maximum atomic E-state index is 13.7. The van der Waals surface area contributed by atoms with Crippen molar-refractivity contribution in [2.24, 2.45) is 5.41 Å². The van der Waals surface area contributed by atoms with Crippen molar-refractivity contribution in [3.63, 3.8) is 0 Å². The molecule has 1 spiro atoms. The van der Waals surface area contributed by atoms with E-state index in [1.165, 1.54) is 0 Å². The molecule has 0 aliphatic carbocycles. The van der Waals surface area contributed by atoms with Crippen LogP contribution in [0.1, 0.15) is 65.8 Å². The summed E-state index contributed by atoms with van der Waals surface area (Å²) in [5.41, 5.74) is 0.662. The molecule has 1 fully saturated rings. The number of likely N-dealkylation sites (tertiary alicyclic amines) is 1. The normalized spacial score (nSPS) is 19.6. The van der Waals surface area contributed by atoms with E-state index in [0.717, 1.165) is 24.3 Å².